The Morgan fingerprint density at radius 1 is 1.33 bits per heavy atom. The Morgan fingerprint density at radius 3 is 2.56 bits per heavy atom. The van der Waals surface area contributed by atoms with Crippen LogP contribution in [0.15, 0.2) is 18.2 Å². The predicted octanol–water partition coefficient (Wildman–Crippen LogP) is 1.64. The third-order valence-corrected chi connectivity index (χ3v) is 2.37. The molecule has 5 nitrogen and oxygen atoms in total. The molecule has 1 N–H and O–H groups in total. The van der Waals surface area contributed by atoms with Crippen molar-refractivity contribution in [3.05, 3.63) is 29.6 Å². The largest absolute Gasteiger partial charge is 0.465 e. The molecular weight excluding hydrogens is 241 g/mol. The predicted molar refractivity (Wildman–Crippen MR) is 64.0 cm³/mol. The van der Waals surface area contributed by atoms with E-state index in [0.29, 0.717) is 5.69 Å². The van der Waals surface area contributed by atoms with Gasteiger partial charge in [-0.15, -0.1) is 0 Å². The van der Waals surface area contributed by atoms with E-state index in [1.54, 1.807) is 0 Å². The zero-order chi connectivity index (χ0) is 13.5. The number of carbonyl (C=O) groups is 1. The van der Waals surface area contributed by atoms with Gasteiger partial charge in [0.2, 0.25) is 0 Å². The van der Waals surface area contributed by atoms with Gasteiger partial charge in [-0.3, -0.25) is 0 Å². The van der Waals surface area contributed by atoms with Gasteiger partial charge in [-0.1, -0.05) is 0 Å². The number of ether oxygens (including phenoxy) is 3. The molecule has 0 fully saturated rings. The van der Waals surface area contributed by atoms with Crippen molar-refractivity contribution in [3.8, 4) is 0 Å². The quantitative estimate of drug-likeness (QED) is 0.620. The maximum Gasteiger partial charge on any atom is 0.339 e. The summed E-state index contributed by atoms with van der Waals surface area (Å²) in [5, 5.41) is 2.88. The Hall–Kier alpha value is -1.66. The van der Waals surface area contributed by atoms with Gasteiger partial charge in [-0.05, 0) is 18.2 Å². The third-order valence-electron chi connectivity index (χ3n) is 2.37. The Bertz CT molecular complexity index is 407. The molecule has 0 amide bonds. The van der Waals surface area contributed by atoms with E-state index in [2.05, 4.69) is 10.1 Å². The number of anilines is 1. The Balaban J connectivity index is 2.85. The molecule has 0 heterocycles. The summed E-state index contributed by atoms with van der Waals surface area (Å²) in [5.41, 5.74) is 0.589. The van der Waals surface area contributed by atoms with E-state index in [0.717, 1.165) is 0 Å². The van der Waals surface area contributed by atoms with Crippen LogP contribution in [-0.2, 0) is 14.2 Å². The average molecular weight is 257 g/mol. The number of nitrogens with one attached hydrogen (secondary N) is 1. The number of halogens is 1. The van der Waals surface area contributed by atoms with Crippen LogP contribution in [0.5, 0.6) is 0 Å². The van der Waals surface area contributed by atoms with Gasteiger partial charge in [0.15, 0.2) is 6.29 Å². The zero-order valence-corrected chi connectivity index (χ0v) is 10.5. The molecule has 1 rings (SSSR count). The smallest absolute Gasteiger partial charge is 0.339 e. The summed E-state index contributed by atoms with van der Waals surface area (Å²) >= 11 is 0. The maximum atomic E-state index is 13.1. The molecule has 0 radical (unpaired) electrons. The van der Waals surface area contributed by atoms with Crippen molar-refractivity contribution in [3.63, 3.8) is 0 Å². The molecule has 100 valence electrons. The second-order valence-corrected chi connectivity index (χ2v) is 3.46. The van der Waals surface area contributed by atoms with Crippen molar-refractivity contribution < 1.29 is 23.4 Å². The summed E-state index contributed by atoms with van der Waals surface area (Å²) in [4.78, 5) is 11.5. The highest BCUT2D eigenvalue weighted by Crippen LogP contribution is 2.18. The molecule has 1 aromatic carbocycles. The number of benzene rings is 1. The highest BCUT2D eigenvalue weighted by molar-refractivity contribution is 5.95. The minimum Gasteiger partial charge on any atom is -0.465 e. The zero-order valence-electron chi connectivity index (χ0n) is 10.5. The second kappa shape index (κ2) is 6.93. The van der Waals surface area contributed by atoms with Crippen LogP contribution in [-0.4, -0.2) is 40.1 Å². The van der Waals surface area contributed by atoms with Gasteiger partial charge in [0, 0.05) is 14.2 Å². The van der Waals surface area contributed by atoms with Gasteiger partial charge >= 0.3 is 5.97 Å². The van der Waals surface area contributed by atoms with E-state index in [9.17, 15) is 9.18 Å². The highest BCUT2D eigenvalue weighted by Gasteiger charge is 2.14. The van der Waals surface area contributed by atoms with Crippen molar-refractivity contribution in [2.75, 3.05) is 33.2 Å². The minimum absolute atomic E-state index is 0.254. The van der Waals surface area contributed by atoms with E-state index in [1.807, 2.05) is 0 Å². The summed E-state index contributed by atoms with van der Waals surface area (Å²) in [6.45, 7) is 0.278. The lowest BCUT2D eigenvalue weighted by molar-refractivity contribution is -0.0914. The average Bonchev–Trinajstić information content (AvgIpc) is 2.39. The monoisotopic (exact) mass is 257 g/mol. The van der Waals surface area contributed by atoms with Gasteiger partial charge in [0.1, 0.15) is 5.82 Å². The van der Waals surface area contributed by atoms with Gasteiger partial charge in [-0.25, -0.2) is 9.18 Å². The number of hydrogen-bond acceptors (Lipinski definition) is 5. The first kappa shape index (κ1) is 14.4. The van der Waals surface area contributed by atoms with Gasteiger partial charge < -0.3 is 19.5 Å². The van der Waals surface area contributed by atoms with E-state index >= 15 is 0 Å². The van der Waals surface area contributed by atoms with Crippen LogP contribution in [0.4, 0.5) is 10.1 Å². The number of methoxy groups -OCH3 is 3. The maximum absolute atomic E-state index is 13.1. The molecule has 0 spiro atoms. The lowest BCUT2D eigenvalue weighted by atomic mass is 10.1. The van der Waals surface area contributed by atoms with Crippen molar-refractivity contribution >= 4 is 11.7 Å². The first-order chi connectivity index (χ1) is 8.62. The third kappa shape index (κ3) is 3.68. The molecule has 0 aliphatic heterocycles. The van der Waals surface area contributed by atoms with E-state index in [-0.39, 0.29) is 12.1 Å². The lowest BCUT2D eigenvalue weighted by Crippen LogP contribution is -2.24. The van der Waals surface area contributed by atoms with Crippen molar-refractivity contribution in [1.82, 2.24) is 0 Å². The Labute approximate surface area is 105 Å². The standard InChI is InChI=1S/C12H16FNO4/c1-16-11(17-2)7-14-10-6-8(13)4-5-9(10)12(15)18-3/h4-6,11,14H,7H2,1-3H3. The molecule has 0 aliphatic rings. The summed E-state index contributed by atoms with van der Waals surface area (Å²) in [6, 6.07) is 3.77. The van der Waals surface area contributed by atoms with Crippen molar-refractivity contribution in [2.24, 2.45) is 0 Å². The van der Waals surface area contributed by atoms with Crippen LogP contribution in [0.2, 0.25) is 0 Å². The van der Waals surface area contributed by atoms with Crippen molar-refractivity contribution in [2.45, 2.75) is 6.29 Å². The molecule has 0 bridgehead atoms. The van der Waals surface area contributed by atoms with Crippen molar-refractivity contribution in [1.29, 1.82) is 0 Å². The first-order valence-electron chi connectivity index (χ1n) is 5.29. The highest BCUT2D eigenvalue weighted by atomic mass is 19.1. The summed E-state index contributed by atoms with van der Waals surface area (Å²) in [6.07, 6.45) is -0.487. The molecule has 0 unspecified atom stereocenters. The minimum atomic E-state index is -0.538. The summed E-state index contributed by atoms with van der Waals surface area (Å²) in [5.74, 6) is -0.986. The molecule has 1 aromatic rings. The molecule has 0 aromatic heterocycles. The normalized spacial score (nSPS) is 10.5. The fraction of sp³-hybridized carbons (Fsp3) is 0.417. The molecule has 6 heteroatoms. The van der Waals surface area contributed by atoms with Crippen LogP contribution in [0.1, 0.15) is 10.4 Å². The molecule has 0 atom stereocenters. The molecule has 18 heavy (non-hydrogen) atoms. The number of hydrogen-bond donors (Lipinski definition) is 1. The van der Waals surface area contributed by atoms with E-state index in [4.69, 9.17) is 9.47 Å². The van der Waals surface area contributed by atoms with E-state index in [1.165, 1.54) is 39.5 Å². The number of rotatable bonds is 6. The second-order valence-electron chi connectivity index (χ2n) is 3.46. The summed E-state index contributed by atoms with van der Waals surface area (Å²) < 4.78 is 27.7. The Kier molecular flexibility index (Phi) is 5.54. The van der Waals surface area contributed by atoms with Crippen LogP contribution in [0.3, 0.4) is 0 Å². The van der Waals surface area contributed by atoms with Crippen LogP contribution < -0.4 is 5.32 Å². The molecule has 0 saturated carbocycles. The lowest BCUT2D eigenvalue weighted by Gasteiger charge is -2.16. The fourth-order valence-corrected chi connectivity index (χ4v) is 1.41. The summed E-state index contributed by atoms with van der Waals surface area (Å²) in [7, 11) is 4.24. The topological polar surface area (TPSA) is 56.8 Å². The number of carbonyl (C=O) groups excluding carboxylic acids is 1. The van der Waals surface area contributed by atoms with Crippen LogP contribution in [0, 0.1) is 5.82 Å². The fourth-order valence-electron chi connectivity index (χ4n) is 1.41. The van der Waals surface area contributed by atoms with Gasteiger partial charge in [0.25, 0.3) is 0 Å². The molecular formula is C12H16FNO4. The Morgan fingerprint density at radius 2 is 2.00 bits per heavy atom. The molecule has 0 aliphatic carbocycles. The van der Waals surface area contributed by atoms with Gasteiger partial charge in [0.05, 0.1) is 24.9 Å². The van der Waals surface area contributed by atoms with Crippen LogP contribution >= 0.6 is 0 Å². The van der Waals surface area contributed by atoms with E-state index < -0.39 is 18.1 Å². The molecule has 0 saturated heterocycles. The van der Waals surface area contributed by atoms with Crippen LogP contribution in [0.25, 0.3) is 0 Å². The first-order valence-corrected chi connectivity index (χ1v) is 5.29. The SMILES string of the molecule is COC(=O)c1ccc(F)cc1NCC(OC)OC. The van der Waals surface area contributed by atoms with Gasteiger partial charge in [-0.2, -0.15) is 0 Å². The number of esters is 1.